The number of hydrogen-bond donors (Lipinski definition) is 0. The molecule has 0 amide bonds. The van der Waals surface area contributed by atoms with Crippen molar-refractivity contribution in [3.05, 3.63) is 59.9 Å². The number of nitrogens with zero attached hydrogens (tertiary/aromatic N) is 2. The lowest BCUT2D eigenvalue weighted by atomic mass is 10.1. The molecule has 0 aliphatic rings. The SMILES string of the molecule is C=C/C=c1\c(=C/C)nc2c(C=C)c(C=C)ccn12. The molecule has 0 atom stereocenters. The summed E-state index contributed by atoms with van der Waals surface area (Å²) in [5.74, 6) is 0. The Morgan fingerprint density at radius 1 is 1.22 bits per heavy atom. The highest BCUT2D eigenvalue weighted by Gasteiger charge is 2.06. The van der Waals surface area contributed by atoms with E-state index in [1.807, 2.05) is 47.9 Å². The molecule has 0 saturated heterocycles. The highest BCUT2D eigenvalue weighted by molar-refractivity contribution is 5.74. The molecule has 0 radical (unpaired) electrons. The molecule has 2 heteroatoms. The van der Waals surface area contributed by atoms with Crippen LogP contribution in [0, 0.1) is 0 Å². The van der Waals surface area contributed by atoms with Crippen LogP contribution in [-0.2, 0) is 0 Å². The molecule has 2 nitrogen and oxygen atoms in total. The molecule has 0 N–H and O–H groups in total. The van der Waals surface area contributed by atoms with Gasteiger partial charge in [0, 0.05) is 11.8 Å². The van der Waals surface area contributed by atoms with Crippen molar-refractivity contribution in [3.63, 3.8) is 0 Å². The zero-order chi connectivity index (χ0) is 13.1. The number of allylic oxidation sites excluding steroid dienone is 1. The fourth-order valence-corrected chi connectivity index (χ4v) is 2.05. The van der Waals surface area contributed by atoms with Gasteiger partial charge in [0.1, 0.15) is 5.65 Å². The lowest BCUT2D eigenvalue weighted by molar-refractivity contribution is 1.13. The molecule has 0 bridgehead atoms. The fourth-order valence-electron chi connectivity index (χ4n) is 2.05. The van der Waals surface area contributed by atoms with E-state index < -0.39 is 0 Å². The first kappa shape index (κ1) is 12.1. The molecule has 2 heterocycles. The summed E-state index contributed by atoms with van der Waals surface area (Å²) >= 11 is 0. The first-order valence-corrected chi connectivity index (χ1v) is 5.81. The number of aromatic nitrogens is 2. The van der Waals surface area contributed by atoms with Gasteiger partial charge in [0.2, 0.25) is 0 Å². The molecule has 0 aromatic carbocycles. The zero-order valence-electron chi connectivity index (χ0n) is 10.6. The largest absolute Gasteiger partial charge is 0.299 e. The van der Waals surface area contributed by atoms with Crippen molar-refractivity contribution in [3.8, 4) is 0 Å². The number of hydrogen-bond acceptors (Lipinski definition) is 1. The Kier molecular flexibility index (Phi) is 3.28. The molecule has 0 aliphatic carbocycles. The Morgan fingerprint density at radius 2 is 2.00 bits per heavy atom. The van der Waals surface area contributed by atoms with E-state index in [2.05, 4.69) is 24.7 Å². The quantitative estimate of drug-likeness (QED) is 0.800. The Balaban J connectivity index is 3.07. The fraction of sp³-hybridized carbons (Fsp3) is 0.0625. The van der Waals surface area contributed by atoms with Crippen LogP contribution >= 0.6 is 0 Å². The summed E-state index contributed by atoms with van der Waals surface area (Å²) in [4.78, 5) is 4.64. The van der Waals surface area contributed by atoms with Crippen LogP contribution in [0.4, 0.5) is 0 Å². The van der Waals surface area contributed by atoms with E-state index in [4.69, 9.17) is 0 Å². The molecule has 2 aromatic heterocycles. The predicted molar refractivity (Wildman–Crippen MR) is 79.4 cm³/mol. The normalized spacial score (nSPS) is 12.9. The van der Waals surface area contributed by atoms with E-state index in [1.54, 1.807) is 6.08 Å². The first-order valence-electron chi connectivity index (χ1n) is 5.81. The maximum absolute atomic E-state index is 4.64. The van der Waals surface area contributed by atoms with Gasteiger partial charge in [-0.25, -0.2) is 4.98 Å². The average molecular weight is 236 g/mol. The third kappa shape index (κ3) is 1.72. The minimum atomic E-state index is 0.892. The van der Waals surface area contributed by atoms with Crippen LogP contribution < -0.4 is 10.7 Å². The maximum Gasteiger partial charge on any atom is 0.145 e. The van der Waals surface area contributed by atoms with Crippen LogP contribution in [0.25, 0.3) is 30.0 Å². The molecule has 2 aromatic rings. The Morgan fingerprint density at radius 3 is 2.56 bits per heavy atom. The number of imidazole rings is 1. The summed E-state index contributed by atoms with van der Waals surface area (Å²) in [6, 6.07) is 2.01. The standard InChI is InChI=1S/C16H16N2/c1-5-9-15-14(8-4)17-16-13(7-3)12(6-2)10-11-18(15)16/h5-11H,1-3H2,4H3/b14-8+,15-9+. The summed E-state index contributed by atoms with van der Waals surface area (Å²) in [6.07, 6.45) is 11.3. The van der Waals surface area contributed by atoms with Crippen LogP contribution in [0.15, 0.2) is 38.1 Å². The van der Waals surface area contributed by atoms with E-state index in [9.17, 15) is 0 Å². The van der Waals surface area contributed by atoms with E-state index in [0.717, 1.165) is 27.5 Å². The van der Waals surface area contributed by atoms with Gasteiger partial charge in [0.15, 0.2) is 0 Å². The van der Waals surface area contributed by atoms with Crippen LogP contribution in [0.3, 0.4) is 0 Å². The van der Waals surface area contributed by atoms with Gasteiger partial charge in [-0.05, 0) is 24.6 Å². The lowest BCUT2D eigenvalue weighted by Gasteiger charge is -2.03. The van der Waals surface area contributed by atoms with Crippen molar-refractivity contribution in [2.75, 3.05) is 0 Å². The highest BCUT2D eigenvalue weighted by atomic mass is 15.0. The summed E-state index contributed by atoms with van der Waals surface area (Å²) in [5, 5.41) is 1.97. The smallest absolute Gasteiger partial charge is 0.145 e. The van der Waals surface area contributed by atoms with Crippen molar-refractivity contribution in [1.82, 2.24) is 9.38 Å². The molecular formula is C16H16N2. The van der Waals surface area contributed by atoms with E-state index >= 15 is 0 Å². The molecule has 2 rings (SSSR count). The van der Waals surface area contributed by atoms with Gasteiger partial charge >= 0.3 is 0 Å². The minimum absolute atomic E-state index is 0.892. The van der Waals surface area contributed by atoms with Gasteiger partial charge in [-0.2, -0.15) is 0 Å². The van der Waals surface area contributed by atoms with Crippen molar-refractivity contribution >= 4 is 30.0 Å². The van der Waals surface area contributed by atoms with E-state index in [0.29, 0.717) is 0 Å². The molecule has 0 spiro atoms. The average Bonchev–Trinajstić information content (AvgIpc) is 2.76. The topological polar surface area (TPSA) is 17.3 Å². The minimum Gasteiger partial charge on any atom is -0.299 e. The first-order chi connectivity index (χ1) is 8.76. The summed E-state index contributed by atoms with van der Waals surface area (Å²) < 4.78 is 2.04. The highest BCUT2D eigenvalue weighted by Crippen LogP contribution is 2.15. The lowest BCUT2D eigenvalue weighted by Crippen LogP contribution is -2.26. The summed E-state index contributed by atoms with van der Waals surface area (Å²) in [7, 11) is 0. The van der Waals surface area contributed by atoms with Gasteiger partial charge in [0.05, 0.1) is 10.7 Å². The van der Waals surface area contributed by atoms with Crippen LogP contribution in [0.2, 0.25) is 0 Å². The second-order valence-corrected chi connectivity index (χ2v) is 3.86. The molecular weight excluding hydrogens is 220 g/mol. The third-order valence-electron chi connectivity index (χ3n) is 2.90. The second kappa shape index (κ2) is 4.88. The van der Waals surface area contributed by atoms with Crippen LogP contribution in [0.5, 0.6) is 0 Å². The Labute approximate surface area is 107 Å². The number of rotatable bonds is 3. The molecule has 0 saturated carbocycles. The summed E-state index contributed by atoms with van der Waals surface area (Å²) in [6.45, 7) is 13.4. The molecule has 90 valence electrons. The monoisotopic (exact) mass is 236 g/mol. The molecule has 0 aliphatic heterocycles. The number of pyridine rings is 1. The molecule has 18 heavy (non-hydrogen) atoms. The molecule has 0 unspecified atom stereocenters. The molecule has 0 fully saturated rings. The van der Waals surface area contributed by atoms with Crippen molar-refractivity contribution in [2.24, 2.45) is 0 Å². The van der Waals surface area contributed by atoms with E-state index in [-0.39, 0.29) is 0 Å². The third-order valence-corrected chi connectivity index (χ3v) is 2.90. The van der Waals surface area contributed by atoms with Gasteiger partial charge in [-0.1, -0.05) is 44.0 Å². The van der Waals surface area contributed by atoms with Gasteiger partial charge in [-0.3, -0.25) is 4.40 Å². The van der Waals surface area contributed by atoms with Crippen molar-refractivity contribution in [2.45, 2.75) is 6.92 Å². The van der Waals surface area contributed by atoms with Crippen molar-refractivity contribution in [1.29, 1.82) is 0 Å². The Bertz CT molecular complexity index is 745. The van der Waals surface area contributed by atoms with Crippen molar-refractivity contribution < 1.29 is 0 Å². The van der Waals surface area contributed by atoms with Crippen LogP contribution in [0.1, 0.15) is 18.1 Å². The van der Waals surface area contributed by atoms with E-state index in [1.165, 1.54) is 0 Å². The second-order valence-electron chi connectivity index (χ2n) is 3.86. The predicted octanol–water partition coefficient (Wildman–Crippen LogP) is 2.39. The maximum atomic E-state index is 4.64. The van der Waals surface area contributed by atoms with Gasteiger partial charge in [0.25, 0.3) is 0 Å². The van der Waals surface area contributed by atoms with Gasteiger partial charge < -0.3 is 0 Å². The zero-order valence-corrected chi connectivity index (χ0v) is 10.6. The summed E-state index contributed by atoms with van der Waals surface area (Å²) in [5.41, 5.74) is 2.93. The van der Waals surface area contributed by atoms with Gasteiger partial charge in [-0.15, -0.1) is 0 Å². The van der Waals surface area contributed by atoms with Crippen LogP contribution in [-0.4, -0.2) is 9.38 Å². The number of fused-ring (bicyclic) bond motifs is 1. The Hall–Kier alpha value is -2.35.